The van der Waals surface area contributed by atoms with E-state index >= 15 is 0 Å². The van der Waals surface area contributed by atoms with Crippen molar-refractivity contribution in [2.75, 3.05) is 70.5 Å². The monoisotopic (exact) mass is 1410 g/mol. The number of phenolic OH excluding ortho intramolecular Hbond substituents is 1. The van der Waals surface area contributed by atoms with E-state index < -0.39 is 184 Å². The third-order valence-corrected chi connectivity index (χ3v) is 19.9. The van der Waals surface area contributed by atoms with Crippen LogP contribution in [0, 0.1) is 22.7 Å². The molecule has 538 valence electrons. The Bertz CT molecular complexity index is 3250. The summed E-state index contributed by atoms with van der Waals surface area (Å²) in [5.41, 5.74) is 2.02. The summed E-state index contributed by atoms with van der Waals surface area (Å²) in [6, 6.07) is 5.02. The number of piperazine rings is 1. The zero-order valence-corrected chi connectivity index (χ0v) is 56.1. The molecule has 5 fully saturated rings. The molecule has 18 N–H and O–H groups in total. The van der Waals surface area contributed by atoms with E-state index in [1.807, 2.05) is 24.3 Å². The maximum absolute atomic E-state index is 15.0. The number of aromatic hydroxyl groups is 1. The predicted molar refractivity (Wildman–Crippen MR) is 356 cm³/mol. The van der Waals surface area contributed by atoms with E-state index in [2.05, 4.69) is 58.0 Å². The number of rotatable bonds is 21. The van der Waals surface area contributed by atoms with Crippen molar-refractivity contribution < 1.29 is 98.3 Å². The number of phenols is 1. The lowest BCUT2D eigenvalue weighted by atomic mass is 9.86. The molecule has 7 amide bonds. The van der Waals surface area contributed by atoms with Crippen molar-refractivity contribution in [3.8, 4) is 11.5 Å². The molecule has 0 radical (unpaired) electrons. The van der Waals surface area contributed by atoms with Gasteiger partial charge in [-0.2, -0.15) is 0 Å². The average Bonchev–Trinajstić information content (AvgIpc) is 1.62. The number of aliphatic hydroxyl groups excluding tert-OH is 8. The van der Waals surface area contributed by atoms with E-state index in [1.54, 1.807) is 0 Å². The van der Waals surface area contributed by atoms with Crippen LogP contribution in [0.5, 0.6) is 11.5 Å². The Morgan fingerprint density at radius 1 is 0.714 bits per heavy atom. The Labute approximate surface area is 574 Å². The fraction of sp³-hybridized carbons (Fsp3) is 0.578. The standard InChI is InChI=1S/C64H90N12O20S2/c1-33-4-13-41(14-5-33)73-20-22-74(23-21-73)42-15-11-38(12-16-42)57(66)97-56(65)37-7-9-39(10-8-37)58(86)69-45-26-43(80)28-68-62(90)54-55(85)34(2)29-76(54)64(92)53(48(83)18-19-67-40(31-77)32-78)72-61(89)52(49(84)24-36-6-17-47(82)50(25-36)94-98-96-95-93)71-60(88)46-27-44(81)30-75(46)63(91)51(35(3)79)70-59(45)87/h6-12,15-17,25,33-35,40-41,43-46,48-49,51-55,65-67,77-85,93H,4-5,13-14,18-24,26-32H2,1-3H3,(H,68,90)(H,69,86)(H,70,87)(H,71,88)(H,72,89)/t33?,34-,35+,41?,43+,44+,45-,46-,48+,49+,51-,52-,53-,54-,55-/m0/s1. The molecule has 5 aliphatic rings. The number of fused-ring (bicyclic) bond motifs is 2. The fourth-order valence-corrected chi connectivity index (χ4v) is 13.9. The van der Waals surface area contributed by atoms with Crippen LogP contribution in [0.2, 0.25) is 0 Å². The topological polar surface area (TPSA) is 482 Å². The zero-order chi connectivity index (χ0) is 71.1. The lowest BCUT2D eigenvalue weighted by molar-refractivity contribution is -0.433. The number of amides is 7. The van der Waals surface area contributed by atoms with Gasteiger partial charge in [0.1, 0.15) is 46.3 Å². The Hall–Kier alpha value is -7.13. The first-order chi connectivity index (χ1) is 46.8. The molecule has 4 aliphatic heterocycles. The summed E-state index contributed by atoms with van der Waals surface area (Å²) < 4.78 is 9.37. The minimum atomic E-state index is -2.17. The molecule has 4 heterocycles. The summed E-state index contributed by atoms with van der Waals surface area (Å²) >= 11 is 0.957. The van der Waals surface area contributed by atoms with Gasteiger partial charge in [0, 0.05) is 99.4 Å². The van der Waals surface area contributed by atoms with Crippen LogP contribution in [0.3, 0.4) is 0 Å². The second-order valence-corrected chi connectivity index (χ2v) is 27.2. The largest absolute Gasteiger partial charge is 0.504 e. The molecule has 8 rings (SSSR count). The van der Waals surface area contributed by atoms with Crippen molar-refractivity contribution in [3.05, 3.63) is 89.0 Å². The molecule has 13 atom stereocenters. The van der Waals surface area contributed by atoms with Crippen LogP contribution >= 0.6 is 24.1 Å². The minimum absolute atomic E-state index is 0.0178. The molecule has 1 aliphatic carbocycles. The summed E-state index contributed by atoms with van der Waals surface area (Å²) in [5, 5.41) is 144. The summed E-state index contributed by atoms with van der Waals surface area (Å²) in [6.07, 6.45) is -7.78. The number of β-amino-alcohol motifs (C(OH)–C–C–N with tert-alkyl or cyclic N) is 1. The van der Waals surface area contributed by atoms with Crippen LogP contribution in [0.4, 0.5) is 5.69 Å². The number of hydrogen-bond acceptors (Lipinski definition) is 27. The number of carbonyl (C=O) groups is 7. The van der Waals surface area contributed by atoms with Crippen LogP contribution < -0.4 is 41.0 Å². The van der Waals surface area contributed by atoms with Crippen molar-refractivity contribution in [3.63, 3.8) is 0 Å². The molecule has 32 nitrogen and oxygen atoms in total. The van der Waals surface area contributed by atoms with Gasteiger partial charge in [-0.15, -0.1) is 0 Å². The van der Waals surface area contributed by atoms with Gasteiger partial charge in [-0.25, -0.2) is 5.26 Å². The van der Waals surface area contributed by atoms with Gasteiger partial charge in [0.05, 0.1) is 55.9 Å². The molecule has 3 aromatic rings. The SMILES string of the molecule is CC1CCC(N2CCN(c3ccc(C(=N)SC(=N)c4ccc(C(=O)N[C@H]5C[C@@H](O)CNC(=O)[C@@H]6[C@@H](O)[C@@H](C)CN6C(=O)[C@H]([C@H](O)CCNC(CO)CO)NC(=O)[C@H]([C@H](O)Cc6ccc(O)c(OSOOO)c6)NC(=O)[C@@H]6C[C@@H](O)CN6C(=O)[C@H]([C@@H](C)O)NC5=O)cc4)cc3)CC2)CC1. The second-order valence-electron chi connectivity index (χ2n) is 25.7. The van der Waals surface area contributed by atoms with Gasteiger partial charge in [-0.1, -0.05) is 65.3 Å². The first-order valence-electron chi connectivity index (χ1n) is 32.6. The maximum atomic E-state index is 15.0. The van der Waals surface area contributed by atoms with Crippen LogP contribution in [0.1, 0.15) is 92.8 Å². The van der Waals surface area contributed by atoms with E-state index in [0.717, 1.165) is 78.4 Å². The summed E-state index contributed by atoms with van der Waals surface area (Å²) in [6.45, 7) is 5.70. The Kier molecular flexibility index (Phi) is 28.0. The van der Waals surface area contributed by atoms with Gasteiger partial charge < -0.3 is 96.7 Å². The Morgan fingerprint density at radius 3 is 1.96 bits per heavy atom. The second kappa shape index (κ2) is 35.8. The van der Waals surface area contributed by atoms with Crippen molar-refractivity contribution in [2.24, 2.45) is 11.8 Å². The van der Waals surface area contributed by atoms with Crippen molar-refractivity contribution in [1.29, 1.82) is 10.8 Å². The molecule has 0 unspecified atom stereocenters. The van der Waals surface area contributed by atoms with Crippen LogP contribution in [0.25, 0.3) is 0 Å². The molecule has 3 aromatic carbocycles. The van der Waals surface area contributed by atoms with Crippen molar-refractivity contribution in [1.82, 2.24) is 46.6 Å². The highest BCUT2D eigenvalue weighted by atomic mass is 32.2. The van der Waals surface area contributed by atoms with E-state index in [0.29, 0.717) is 17.2 Å². The third-order valence-electron chi connectivity index (χ3n) is 18.6. The quantitative estimate of drug-likeness (QED) is 0.0135. The van der Waals surface area contributed by atoms with Crippen molar-refractivity contribution in [2.45, 2.75) is 157 Å². The molecular weight excluding hydrogens is 1320 g/mol. The lowest BCUT2D eigenvalue weighted by Gasteiger charge is -2.42. The highest BCUT2D eigenvalue weighted by Gasteiger charge is 2.50. The maximum Gasteiger partial charge on any atom is 0.261 e. The first kappa shape index (κ1) is 76.6. The van der Waals surface area contributed by atoms with Gasteiger partial charge in [0.15, 0.2) is 11.5 Å². The van der Waals surface area contributed by atoms with E-state index in [-0.39, 0.29) is 52.4 Å². The number of aliphatic hydroxyl groups is 8. The summed E-state index contributed by atoms with van der Waals surface area (Å²) in [7, 11) is 0. The Morgan fingerprint density at radius 2 is 1.33 bits per heavy atom. The van der Waals surface area contributed by atoms with Crippen LogP contribution in [0.15, 0.2) is 66.7 Å². The predicted octanol–water partition coefficient (Wildman–Crippen LogP) is -2.18. The summed E-state index contributed by atoms with van der Waals surface area (Å²) in [4.78, 5) is 109. The van der Waals surface area contributed by atoms with Gasteiger partial charge in [-0.05, 0) is 93.5 Å². The van der Waals surface area contributed by atoms with E-state index in [9.17, 15) is 79.5 Å². The zero-order valence-electron chi connectivity index (χ0n) is 54.5. The van der Waals surface area contributed by atoms with Crippen LogP contribution in [-0.2, 0) is 44.6 Å². The average molecular weight is 1410 g/mol. The molecule has 34 heteroatoms. The highest BCUT2D eigenvalue weighted by molar-refractivity contribution is 8.27. The minimum Gasteiger partial charge on any atom is -0.504 e. The van der Waals surface area contributed by atoms with Crippen LogP contribution in [-0.4, -0.2) is 268 Å². The van der Waals surface area contributed by atoms with Crippen molar-refractivity contribution >= 4 is 81.2 Å². The number of thioether (sulfide) groups is 1. The molecule has 98 heavy (non-hydrogen) atoms. The normalized spacial score (nSPS) is 27.5. The number of anilines is 1. The number of carbonyl (C=O) groups excluding carboxylic acids is 7. The molecule has 0 bridgehead atoms. The molecule has 4 saturated heterocycles. The first-order valence-corrected chi connectivity index (χ1v) is 34.1. The lowest BCUT2D eigenvalue weighted by Crippen LogP contribution is -2.64. The highest BCUT2D eigenvalue weighted by Crippen LogP contribution is 2.33. The molecule has 0 aromatic heterocycles. The molecule has 1 saturated carbocycles. The third kappa shape index (κ3) is 19.9. The Balaban J connectivity index is 1.03. The van der Waals surface area contributed by atoms with E-state index in [1.165, 1.54) is 62.9 Å². The van der Waals surface area contributed by atoms with Gasteiger partial charge in [0.25, 0.3) is 18.2 Å². The van der Waals surface area contributed by atoms with Gasteiger partial charge in [0.2, 0.25) is 35.4 Å². The molecular formula is C64H90N12O20S2. The van der Waals surface area contributed by atoms with Gasteiger partial charge >= 0.3 is 0 Å². The smallest absolute Gasteiger partial charge is 0.261 e. The molecule has 0 spiro atoms. The summed E-state index contributed by atoms with van der Waals surface area (Å²) in [5.74, 6) is -8.98. The van der Waals surface area contributed by atoms with Gasteiger partial charge in [-0.3, -0.25) is 49.3 Å². The number of nitrogens with zero attached hydrogens (tertiary/aromatic N) is 4. The number of nitrogens with one attached hydrogen (secondary N) is 8. The number of benzene rings is 3. The fourth-order valence-electron chi connectivity index (χ4n) is 12.9. The van der Waals surface area contributed by atoms with E-state index in [4.69, 9.17) is 20.3 Å². The number of hydrogen-bond donors (Lipinski definition) is 18.